The maximum atomic E-state index is 12.3. The Morgan fingerprint density at radius 3 is 2.20 bits per heavy atom. The standard InChI is InChI=1S/C21H32N2O2/c1-16(24)23(19-8-6-5-7-9-19)15-14-22-20(25)17-10-12-18(13-11-17)21(2,3)4/h10-13,19H,5-9,14-15H2,1-4H3,(H,22,25). The fourth-order valence-electron chi connectivity index (χ4n) is 3.50. The van der Waals surface area contributed by atoms with Crippen LogP contribution in [0.1, 0.15) is 75.7 Å². The van der Waals surface area contributed by atoms with Gasteiger partial charge in [0.1, 0.15) is 0 Å². The van der Waals surface area contributed by atoms with Crippen LogP contribution in [0.25, 0.3) is 0 Å². The number of hydrogen-bond acceptors (Lipinski definition) is 2. The van der Waals surface area contributed by atoms with Crippen LogP contribution in [0.2, 0.25) is 0 Å². The van der Waals surface area contributed by atoms with Gasteiger partial charge in [0, 0.05) is 31.6 Å². The molecule has 0 aliphatic heterocycles. The van der Waals surface area contributed by atoms with E-state index in [-0.39, 0.29) is 17.2 Å². The number of nitrogens with zero attached hydrogens (tertiary/aromatic N) is 1. The molecule has 0 spiro atoms. The number of rotatable bonds is 5. The summed E-state index contributed by atoms with van der Waals surface area (Å²) in [6.45, 7) is 9.18. The van der Waals surface area contributed by atoms with Gasteiger partial charge in [-0.2, -0.15) is 0 Å². The summed E-state index contributed by atoms with van der Waals surface area (Å²) in [7, 11) is 0. The third-order valence-corrected chi connectivity index (χ3v) is 5.07. The first-order valence-electron chi connectivity index (χ1n) is 9.45. The van der Waals surface area contributed by atoms with Gasteiger partial charge < -0.3 is 10.2 Å². The van der Waals surface area contributed by atoms with E-state index in [4.69, 9.17) is 0 Å². The van der Waals surface area contributed by atoms with Crippen molar-refractivity contribution in [1.29, 1.82) is 0 Å². The van der Waals surface area contributed by atoms with Crippen molar-refractivity contribution in [2.75, 3.05) is 13.1 Å². The van der Waals surface area contributed by atoms with Gasteiger partial charge in [0.05, 0.1) is 0 Å². The van der Waals surface area contributed by atoms with Gasteiger partial charge in [-0.25, -0.2) is 0 Å². The lowest BCUT2D eigenvalue weighted by atomic mass is 9.87. The van der Waals surface area contributed by atoms with E-state index < -0.39 is 0 Å². The second-order valence-electron chi connectivity index (χ2n) is 8.09. The van der Waals surface area contributed by atoms with E-state index in [1.165, 1.54) is 24.8 Å². The van der Waals surface area contributed by atoms with Crippen LogP contribution in [0.5, 0.6) is 0 Å². The molecule has 0 saturated heterocycles. The smallest absolute Gasteiger partial charge is 0.251 e. The van der Waals surface area contributed by atoms with Crippen molar-refractivity contribution in [1.82, 2.24) is 10.2 Å². The Balaban J connectivity index is 1.87. The van der Waals surface area contributed by atoms with Crippen LogP contribution < -0.4 is 5.32 Å². The number of carbonyl (C=O) groups is 2. The molecule has 4 nitrogen and oxygen atoms in total. The van der Waals surface area contributed by atoms with Crippen molar-refractivity contribution in [3.63, 3.8) is 0 Å². The monoisotopic (exact) mass is 344 g/mol. The minimum atomic E-state index is -0.0763. The second kappa shape index (κ2) is 8.50. The Bertz CT molecular complexity index is 581. The number of amides is 2. The molecule has 1 saturated carbocycles. The Kier molecular flexibility index (Phi) is 6.63. The van der Waals surface area contributed by atoms with Crippen molar-refractivity contribution in [2.45, 2.75) is 71.3 Å². The average Bonchev–Trinajstić information content (AvgIpc) is 2.58. The lowest BCUT2D eigenvalue weighted by Gasteiger charge is -2.33. The highest BCUT2D eigenvalue weighted by Gasteiger charge is 2.23. The van der Waals surface area contributed by atoms with Crippen molar-refractivity contribution >= 4 is 11.8 Å². The first kappa shape index (κ1) is 19.5. The first-order chi connectivity index (χ1) is 11.8. The van der Waals surface area contributed by atoms with E-state index >= 15 is 0 Å². The second-order valence-corrected chi connectivity index (χ2v) is 8.09. The minimum Gasteiger partial charge on any atom is -0.350 e. The zero-order valence-electron chi connectivity index (χ0n) is 16.1. The summed E-state index contributed by atoms with van der Waals surface area (Å²) in [6, 6.07) is 8.12. The summed E-state index contributed by atoms with van der Waals surface area (Å²) in [4.78, 5) is 26.2. The highest BCUT2D eigenvalue weighted by Crippen LogP contribution is 2.23. The highest BCUT2D eigenvalue weighted by atomic mass is 16.2. The van der Waals surface area contributed by atoms with Gasteiger partial charge in [-0.15, -0.1) is 0 Å². The summed E-state index contributed by atoms with van der Waals surface area (Å²) in [5.74, 6) is 0.0308. The molecule has 0 aromatic heterocycles. The molecule has 2 amide bonds. The van der Waals surface area contributed by atoms with E-state index in [2.05, 4.69) is 26.1 Å². The Hall–Kier alpha value is -1.84. The number of hydrogen-bond donors (Lipinski definition) is 1. The van der Waals surface area contributed by atoms with E-state index in [0.29, 0.717) is 24.7 Å². The van der Waals surface area contributed by atoms with Gasteiger partial charge in [-0.1, -0.05) is 52.2 Å². The molecule has 0 atom stereocenters. The molecule has 1 N–H and O–H groups in total. The number of carbonyl (C=O) groups excluding carboxylic acids is 2. The normalized spacial score (nSPS) is 15.7. The molecule has 1 aromatic rings. The fourth-order valence-corrected chi connectivity index (χ4v) is 3.50. The van der Waals surface area contributed by atoms with E-state index in [0.717, 1.165) is 12.8 Å². The lowest BCUT2D eigenvalue weighted by molar-refractivity contribution is -0.131. The van der Waals surface area contributed by atoms with Gasteiger partial charge in [0.15, 0.2) is 0 Å². The highest BCUT2D eigenvalue weighted by molar-refractivity contribution is 5.94. The molecule has 0 heterocycles. The van der Waals surface area contributed by atoms with Gasteiger partial charge in [0.25, 0.3) is 5.91 Å². The summed E-state index contributed by atoms with van der Waals surface area (Å²) in [5, 5.41) is 2.95. The molecule has 0 bridgehead atoms. The molecule has 0 radical (unpaired) electrons. The summed E-state index contributed by atoms with van der Waals surface area (Å²) in [5.41, 5.74) is 1.96. The van der Waals surface area contributed by atoms with Crippen LogP contribution in [-0.4, -0.2) is 35.8 Å². The van der Waals surface area contributed by atoms with Gasteiger partial charge in [-0.3, -0.25) is 9.59 Å². The van der Waals surface area contributed by atoms with Crippen molar-refractivity contribution in [3.8, 4) is 0 Å². The zero-order valence-corrected chi connectivity index (χ0v) is 16.1. The quantitative estimate of drug-likeness (QED) is 0.881. The lowest BCUT2D eigenvalue weighted by Crippen LogP contribution is -2.44. The summed E-state index contributed by atoms with van der Waals surface area (Å²) < 4.78 is 0. The van der Waals surface area contributed by atoms with Crippen LogP contribution in [0, 0.1) is 0 Å². The molecule has 2 rings (SSSR count). The molecule has 1 aliphatic carbocycles. The Morgan fingerprint density at radius 2 is 1.68 bits per heavy atom. The van der Waals surface area contributed by atoms with E-state index in [1.807, 2.05) is 29.2 Å². The molecule has 25 heavy (non-hydrogen) atoms. The number of benzene rings is 1. The molecule has 1 aliphatic rings. The predicted octanol–water partition coefficient (Wildman–Crippen LogP) is 3.90. The molecular formula is C21H32N2O2. The maximum absolute atomic E-state index is 12.3. The van der Waals surface area contributed by atoms with Crippen molar-refractivity contribution in [2.24, 2.45) is 0 Å². The van der Waals surface area contributed by atoms with Crippen LogP contribution in [0.3, 0.4) is 0 Å². The molecule has 138 valence electrons. The van der Waals surface area contributed by atoms with E-state index in [1.54, 1.807) is 6.92 Å². The minimum absolute atomic E-state index is 0.0763. The van der Waals surface area contributed by atoms with Gasteiger partial charge >= 0.3 is 0 Å². The third kappa shape index (κ3) is 5.58. The first-order valence-corrected chi connectivity index (χ1v) is 9.45. The molecule has 4 heteroatoms. The topological polar surface area (TPSA) is 49.4 Å². The third-order valence-electron chi connectivity index (χ3n) is 5.07. The van der Waals surface area contributed by atoms with Crippen LogP contribution in [-0.2, 0) is 10.2 Å². The molecule has 1 aromatic carbocycles. The maximum Gasteiger partial charge on any atom is 0.251 e. The summed E-state index contributed by atoms with van der Waals surface area (Å²) in [6.07, 6.45) is 5.83. The summed E-state index contributed by atoms with van der Waals surface area (Å²) >= 11 is 0. The van der Waals surface area contributed by atoms with Crippen molar-refractivity contribution in [3.05, 3.63) is 35.4 Å². The Morgan fingerprint density at radius 1 is 1.08 bits per heavy atom. The molecular weight excluding hydrogens is 312 g/mol. The van der Waals surface area contributed by atoms with E-state index in [9.17, 15) is 9.59 Å². The van der Waals surface area contributed by atoms with Crippen LogP contribution in [0.4, 0.5) is 0 Å². The van der Waals surface area contributed by atoms with Crippen LogP contribution >= 0.6 is 0 Å². The largest absolute Gasteiger partial charge is 0.350 e. The fraction of sp³-hybridized carbons (Fsp3) is 0.619. The number of nitrogens with one attached hydrogen (secondary N) is 1. The van der Waals surface area contributed by atoms with Crippen molar-refractivity contribution < 1.29 is 9.59 Å². The molecule has 0 unspecified atom stereocenters. The van der Waals surface area contributed by atoms with Gasteiger partial charge in [0.2, 0.25) is 5.91 Å². The predicted molar refractivity (Wildman–Crippen MR) is 102 cm³/mol. The Labute approximate surface area is 152 Å². The van der Waals surface area contributed by atoms with Gasteiger partial charge in [-0.05, 0) is 36.0 Å². The average molecular weight is 344 g/mol. The van der Waals surface area contributed by atoms with Crippen LogP contribution in [0.15, 0.2) is 24.3 Å². The zero-order chi connectivity index (χ0) is 18.4. The SMILES string of the molecule is CC(=O)N(CCNC(=O)c1ccc(C(C)(C)C)cc1)C1CCCCC1. The molecule has 1 fully saturated rings.